The molecule has 0 atom stereocenters. The lowest BCUT2D eigenvalue weighted by atomic mass is 10.0. The van der Waals surface area contributed by atoms with Gasteiger partial charge in [-0.15, -0.1) is 0 Å². The molecule has 2 heterocycles. The van der Waals surface area contributed by atoms with Gasteiger partial charge in [0, 0.05) is 17.5 Å². The molecule has 6 heteroatoms. The molecular weight excluding hydrogens is 243 g/mol. The van der Waals surface area contributed by atoms with Gasteiger partial charge in [-0.25, -0.2) is 4.99 Å². The van der Waals surface area contributed by atoms with Gasteiger partial charge in [0.25, 0.3) is 0 Å². The number of allylic oxidation sites excluding steroid dienone is 1. The highest BCUT2D eigenvalue weighted by atomic mass is 19.4. The van der Waals surface area contributed by atoms with Gasteiger partial charge in [0.2, 0.25) is 0 Å². The number of rotatable bonds is 1. The quantitative estimate of drug-likeness (QED) is 0.838. The Morgan fingerprint density at radius 1 is 1.33 bits per heavy atom. The first-order chi connectivity index (χ1) is 8.38. The molecule has 0 radical (unpaired) electrons. The molecule has 1 aromatic heterocycles. The van der Waals surface area contributed by atoms with Gasteiger partial charge in [-0.3, -0.25) is 4.98 Å². The lowest BCUT2D eigenvalue weighted by Crippen LogP contribution is -2.14. The minimum atomic E-state index is -4.40. The first kappa shape index (κ1) is 12.6. The van der Waals surface area contributed by atoms with Gasteiger partial charge in [-0.05, 0) is 31.9 Å². The van der Waals surface area contributed by atoms with Crippen molar-refractivity contribution in [3.8, 4) is 0 Å². The minimum absolute atomic E-state index is 0.0360. The largest absolute Gasteiger partial charge is 0.418 e. The Morgan fingerprint density at radius 2 is 2.06 bits per heavy atom. The maximum absolute atomic E-state index is 12.8. The van der Waals surface area contributed by atoms with Crippen molar-refractivity contribution >= 4 is 5.71 Å². The number of aliphatic imine (C=N–C) groups is 1. The van der Waals surface area contributed by atoms with Crippen molar-refractivity contribution in [2.75, 3.05) is 0 Å². The van der Waals surface area contributed by atoms with Crippen molar-refractivity contribution in [2.24, 2.45) is 10.7 Å². The second-order valence-electron chi connectivity index (χ2n) is 4.08. The van der Waals surface area contributed by atoms with Crippen LogP contribution in [0.5, 0.6) is 0 Å². The van der Waals surface area contributed by atoms with Crippen LogP contribution in [0.25, 0.3) is 0 Å². The molecule has 2 rings (SSSR count). The van der Waals surface area contributed by atoms with E-state index in [1.165, 1.54) is 13.1 Å². The molecule has 0 saturated carbocycles. The van der Waals surface area contributed by atoms with Crippen molar-refractivity contribution in [1.82, 2.24) is 4.98 Å². The van der Waals surface area contributed by atoms with Crippen LogP contribution in [0, 0.1) is 6.92 Å². The zero-order chi connectivity index (χ0) is 13.3. The maximum atomic E-state index is 12.8. The summed E-state index contributed by atoms with van der Waals surface area (Å²) in [4.78, 5) is 7.84. The molecule has 0 aliphatic carbocycles. The SMILES string of the molecule is Cc1ncc(C2=NC(N)=CCC2)cc1C(F)(F)F. The number of aryl methyl sites for hydroxylation is 1. The van der Waals surface area contributed by atoms with E-state index in [4.69, 9.17) is 5.73 Å². The molecule has 0 saturated heterocycles. The summed E-state index contributed by atoms with van der Waals surface area (Å²) in [7, 11) is 0. The second-order valence-corrected chi connectivity index (χ2v) is 4.08. The van der Waals surface area contributed by atoms with Crippen molar-refractivity contribution < 1.29 is 13.2 Å². The van der Waals surface area contributed by atoms with Crippen molar-refractivity contribution in [2.45, 2.75) is 25.9 Å². The standard InChI is InChI=1S/C12H12F3N3/c1-7-9(12(13,14)15)5-8(6-17-7)10-3-2-4-11(16)18-10/h4-6H,2-3,16H2,1H3. The monoisotopic (exact) mass is 255 g/mol. The molecule has 96 valence electrons. The number of nitrogens with zero attached hydrogens (tertiary/aromatic N) is 2. The first-order valence-electron chi connectivity index (χ1n) is 5.45. The molecule has 1 aliphatic heterocycles. The van der Waals surface area contributed by atoms with E-state index in [0.717, 1.165) is 6.07 Å². The van der Waals surface area contributed by atoms with Crippen LogP contribution in [-0.2, 0) is 6.18 Å². The smallest absolute Gasteiger partial charge is 0.384 e. The maximum Gasteiger partial charge on any atom is 0.418 e. The van der Waals surface area contributed by atoms with Crippen LogP contribution in [-0.4, -0.2) is 10.7 Å². The van der Waals surface area contributed by atoms with E-state index in [1.54, 1.807) is 6.08 Å². The predicted molar refractivity (Wildman–Crippen MR) is 62.0 cm³/mol. The Hall–Kier alpha value is -1.85. The molecule has 0 amide bonds. The van der Waals surface area contributed by atoms with Gasteiger partial charge in [0.15, 0.2) is 0 Å². The summed E-state index contributed by atoms with van der Waals surface area (Å²) in [5.41, 5.74) is 5.71. The number of nitrogens with two attached hydrogens (primary N) is 1. The Labute approximate surface area is 102 Å². The molecule has 2 N–H and O–H groups in total. The van der Waals surface area contributed by atoms with Crippen LogP contribution in [0.15, 0.2) is 29.2 Å². The molecule has 1 aromatic rings. The third-order valence-electron chi connectivity index (χ3n) is 2.72. The first-order valence-corrected chi connectivity index (χ1v) is 5.45. The molecule has 0 aromatic carbocycles. The van der Waals surface area contributed by atoms with E-state index in [9.17, 15) is 13.2 Å². The molecule has 18 heavy (non-hydrogen) atoms. The van der Waals surface area contributed by atoms with Gasteiger partial charge < -0.3 is 5.73 Å². The summed E-state index contributed by atoms with van der Waals surface area (Å²) in [5.74, 6) is 0.338. The molecule has 0 bridgehead atoms. The highest BCUT2D eigenvalue weighted by molar-refractivity contribution is 6.01. The van der Waals surface area contributed by atoms with Crippen LogP contribution in [0.1, 0.15) is 29.7 Å². The second kappa shape index (κ2) is 4.44. The van der Waals surface area contributed by atoms with Gasteiger partial charge in [-0.1, -0.05) is 0 Å². The minimum Gasteiger partial charge on any atom is -0.384 e. The lowest BCUT2D eigenvalue weighted by Gasteiger charge is -2.14. The topological polar surface area (TPSA) is 51.3 Å². The van der Waals surface area contributed by atoms with Gasteiger partial charge in [0.05, 0.1) is 11.3 Å². The average molecular weight is 255 g/mol. The van der Waals surface area contributed by atoms with E-state index in [2.05, 4.69) is 9.98 Å². The highest BCUT2D eigenvalue weighted by Gasteiger charge is 2.33. The molecule has 0 fully saturated rings. The van der Waals surface area contributed by atoms with E-state index >= 15 is 0 Å². The number of aromatic nitrogens is 1. The fraction of sp³-hybridized carbons (Fsp3) is 0.333. The molecular formula is C12H12F3N3. The molecule has 0 spiro atoms. The van der Waals surface area contributed by atoms with Crippen molar-refractivity contribution in [1.29, 1.82) is 0 Å². The summed E-state index contributed by atoms with van der Waals surface area (Å²) in [5, 5.41) is 0. The Kier molecular flexibility index (Phi) is 3.11. The van der Waals surface area contributed by atoms with Crippen LogP contribution in [0.3, 0.4) is 0 Å². The van der Waals surface area contributed by atoms with Crippen LogP contribution >= 0.6 is 0 Å². The Bertz CT molecular complexity index is 530. The number of alkyl halides is 3. The number of halogens is 3. The Balaban J connectivity index is 2.45. The normalized spacial score (nSPS) is 16.2. The fourth-order valence-electron chi connectivity index (χ4n) is 1.80. The summed E-state index contributed by atoms with van der Waals surface area (Å²) in [6.07, 6.45) is 0.00410. The zero-order valence-corrected chi connectivity index (χ0v) is 9.75. The third-order valence-corrected chi connectivity index (χ3v) is 2.72. The summed E-state index contributed by atoms with van der Waals surface area (Å²) < 4.78 is 38.3. The van der Waals surface area contributed by atoms with Gasteiger partial charge in [0.1, 0.15) is 5.82 Å². The summed E-state index contributed by atoms with van der Waals surface area (Å²) in [6.45, 7) is 1.34. The number of pyridine rings is 1. The van der Waals surface area contributed by atoms with Crippen molar-refractivity contribution in [3.63, 3.8) is 0 Å². The van der Waals surface area contributed by atoms with Gasteiger partial charge in [-0.2, -0.15) is 13.2 Å². The highest BCUT2D eigenvalue weighted by Crippen LogP contribution is 2.32. The van der Waals surface area contributed by atoms with Gasteiger partial charge >= 0.3 is 6.18 Å². The number of hydrogen-bond acceptors (Lipinski definition) is 3. The molecule has 0 unspecified atom stereocenters. The Morgan fingerprint density at radius 3 is 2.67 bits per heavy atom. The van der Waals surface area contributed by atoms with E-state index in [-0.39, 0.29) is 5.69 Å². The molecule has 3 nitrogen and oxygen atoms in total. The average Bonchev–Trinajstić information content (AvgIpc) is 2.28. The van der Waals surface area contributed by atoms with Crippen LogP contribution in [0.2, 0.25) is 0 Å². The van der Waals surface area contributed by atoms with Crippen LogP contribution < -0.4 is 5.73 Å². The van der Waals surface area contributed by atoms with Crippen molar-refractivity contribution in [3.05, 3.63) is 41.0 Å². The number of hydrogen-bond donors (Lipinski definition) is 1. The summed E-state index contributed by atoms with van der Waals surface area (Å²) >= 11 is 0. The summed E-state index contributed by atoms with van der Waals surface area (Å²) in [6, 6.07) is 1.08. The zero-order valence-electron chi connectivity index (χ0n) is 9.75. The predicted octanol–water partition coefficient (Wildman–Crippen LogP) is 2.79. The molecule has 1 aliphatic rings. The fourth-order valence-corrected chi connectivity index (χ4v) is 1.80. The van der Waals surface area contributed by atoms with E-state index in [1.807, 2.05) is 0 Å². The van der Waals surface area contributed by atoms with E-state index in [0.29, 0.717) is 29.9 Å². The third kappa shape index (κ3) is 2.52. The lowest BCUT2D eigenvalue weighted by molar-refractivity contribution is -0.138. The van der Waals surface area contributed by atoms with Crippen LogP contribution in [0.4, 0.5) is 13.2 Å². The van der Waals surface area contributed by atoms with E-state index < -0.39 is 11.7 Å².